The number of rotatable bonds is 5. The standard InChI is InChI=1S/C19H18N2O5S/c1-3-25-19(22)21-15-7-5-8-16(11-15)26-27(23,24)17-9-4-6-14-10-13(2)12-20-18(14)17/h4-12H,3H2,1-2H3,(H,21,22). The Morgan fingerprint density at radius 1 is 1.15 bits per heavy atom. The Balaban J connectivity index is 1.90. The molecule has 1 heterocycles. The summed E-state index contributed by atoms with van der Waals surface area (Å²) < 4.78 is 35.6. The number of para-hydroxylation sites is 1. The van der Waals surface area contributed by atoms with Crippen LogP contribution in [-0.2, 0) is 14.9 Å². The number of ether oxygens (including phenoxy) is 1. The summed E-state index contributed by atoms with van der Waals surface area (Å²) in [6.07, 6.45) is 0.969. The van der Waals surface area contributed by atoms with Crippen molar-refractivity contribution in [2.24, 2.45) is 0 Å². The number of nitrogens with zero attached hydrogens (tertiary/aromatic N) is 1. The second-order valence-corrected chi connectivity index (χ2v) is 7.27. The highest BCUT2D eigenvalue weighted by atomic mass is 32.2. The second kappa shape index (κ2) is 7.63. The molecule has 0 unspecified atom stereocenters. The fourth-order valence-corrected chi connectivity index (χ4v) is 3.63. The highest BCUT2D eigenvalue weighted by Gasteiger charge is 2.21. The van der Waals surface area contributed by atoms with Gasteiger partial charge in [-0.1, -0.05) is 18.2 Å². The van der Waals surface area contributed by atoms with E-state index in [2.05, 4.69) is 10.3 Å². The van der Waals surface area contributed by atoms with Gasteiger partial charge in [0.25, 0.3) is 0 Å². The average molecular weight is 386 g/mol. The number of aromatic nitrogens is 1. The van der Waals surface area contributed by atoms with Crippen LogP contribution in [0, 0.1) is 6.92 Å². The maximum Gasteiger partial charge on any atom is 0.411 e. The highest BCUT2D eigenvalue weighted by molar-refractivity contribution is 7.87. The molecule has 0 atom stereocenters. The summed E-state index contributed by atoms with van der Waals surface area (Å²) in [6.45, 7) is 3.79. The molecule has 0 saturated carbocycles. The molecule has 0 fully saturated rings. The van der Waals surface area contributed by atoms with Crippen molar-refractivity contribution in [3.8, 4) is 5.75 Å². The summed E-state index contributed by atoms with van der Waals surface area (Å²) in [4.78, 5) is 15.7. The molecule has 0 bridgehead atoms. The predicted octanol–water partition coefficient (Wildman–Crippen LogP) is 3.88. The lowest BCUT2D eigenvalue weighted by Crippen LogP contribution is -2.14. The molecule has 0 aliphatic carbocycles. The third-order valence-corrected chi connectivity index (χ3v) is 4.92. The van der Waals surface area contributed by atoms with Crippen molar-refractivity contribution in [2.45, 2.75) is 18.7 Å². The second-order valence-electron chi connectivity index (χ2n) is 5.75. The van der Waals surface area contributed by atoms with Crippen LogP contribution in [-0.4, -0.2) is 26.1 Å². The van der Waals surface area contributed by atoms with Gasteiger partial charge in [0.1, 0.15) is 10.6 Å². The lowest BCUT2D eigenvalue weighted by atomic mass is 10.2. The number of amides is 1. The van der Waals surface area contributed by atoms with Gasteiger partial charge in [0.15, 0.2) is 0 Å². The third kappa shape index (κ3) is 4.35. The van der Waals surface area contributed by atoms with Crippen molar-refractivity contribution in [3.63, 3.8) is 0 Å². The molecule has 0 saturated heterocycles. The summed E-state index contributed by atoms with van der Waals surface area (Å²) in [7, 11) is -4.11. The topological polar surface area (TPSA) is 94.6 Å². The van der Waals surface area contributed by atoms with E-state index in [4.69, 9.17) is 8.92 Å². The van der Waals surface area contributed by atoms with Crippen molar-refractivity contribution in [1.29, 1.82) is 0 Å². The number of carbonyl (C=O) groups is 1. The van der Waals surface area contributed by atoms with Gasteiger partial charge in [-0.15, -0.1) is 0 Å². The van der Waals surface area contributed by atoms with E-state index >= 15 is 0 Å². The monoisotopic (exact) mass is 386 g/mol. The fourth-order valence-electron chi connectivity index (χ4n) is 2.53. The van der Waals surface area contributed by atoms with E-state index in [0.717, 1.165) is 5.56 Å². The zero-order valence-electron chi connectivity index (χ0n) is 14.8. The Kier molecular flexibility index (Phi) is 5.27. The zero-order valence-corrected chi connectivity index (χ0v) is 15.6. The number of anilines is 1. The first-order valence-corrected chi connectivity index (χ1v) is 9.63. The average Bonchev–Trinajstić information content (AvgIpc) is 2.61. The van der Waals surface area contributed by atoms with Gasteiger partial charge in [0.2, 0.25) is 0 Å². The summed E-state index contributed by atoms with van der Waals surface area (Å²) in [5.74, 6) is 0.0633. The van der Waals surface area contributed by atoms with Crippen molar-refractivity contribution in [2.75, 3.05) is 11.9 Å². The number of hydrogen-bond acceptors (Lipinski definition) is 6. The van der Waals surface area contributed by atoms with Crippen molar-refractivity contribution < 1.29 is 22.1 Å². The Labute approximate surface area is 157 Å². The van der Waals surface area contributed by atoms with Gasteiger partial charge in [-0.05, 0) is 43.7 Å². The van der Waals surface area contributed by atoms with E-state index in [9.17, 15) is 13.2 Å². The molecule has 1 amide bonds. The fraction of sp³-hybridized carbons (Fsp3) is 0.158. The molecule has 0 radical (unpaired) electrons. The Bertz CT molecular complexity index is 1100. The third-order valence-electron chi connectivity index (χ3n) is 3.64. The van der Waals surface area contributed by atoms with Crippen LogP contribution in [0.4, 0.5) is 10.5 Å². The number of pyridine rings is 1. The molecule has 0 spiro atoms. The number of carbonyl (C=O) groups excluding carboxylic acids is 1. The molecule has 3 aromatic rings. The number of benzene rings is 2. The van der Waals surface area contributed by atoms with Gasteiger partial charge in [-0.2, -0.15) is 8.42 Å². The summed E-state index contributed by atoms with van der Waals surface area (Å²) in [5.41, 5.74) is 1.62. The molecule has 0 aliphatic heterocycles. The van der Waals surface area contributed by atoms with Gasteiger partial charge < -0.3 is 8.92 Å². The van der Waals surface area contributed by atoms with Crippen LogP contribution in [0.2, 0.25) is 0 Å². The Morgan fingerprint density at radius 2 is 1.93 bits per heavy atom. The maximum atomic E-state index is 12.8. The van der Waals surface area contributed by atoms with Crippen molar-refractivity contribution in [1.82, 2.24) is 4.98 Å². The highest BCUT2D eigenvalue weighted by Crippen LogP contribution is 2.26. The minimum Gasteiger partial charge on any atom is -0.450 e. The van der Waals surface area contributed by atoms with E-state index in [1.54, 1.807) is 37.4 Å². The van der Waals surface area contributed by atoms with Crippen LogP contribution in [0.3, 0.4) is 0 Å². The molecule has 0 aliphatic rings. The predicted molar refractivity (Wildman–Crippen MR) is 101 cm³/mol. The van der Waals surface area contributed by atoms with Crippen molar-refractivity contribution in [3.05, 3.63) is 60.3 Å². The summed E-state index contributed by atoms with van der Waals surface area (Å²) in [5, 5.41) is 3.20. The van der Waals surface area contributed by atoms with E-state index in [1.165, 1.54) is 18.2 Å². The smallest absolute Gasteiger partial charge is 0.411 e. The van der Waals surface area contributed by atoms with Gasteiger partial charge in [-0.25, -0.2) is 4.79 Å². The Hall–Kier alpha value is -3.13. The zero-order chi connectivity index (χ0) is 19.4. The molecule has 1 aromatic heterocycles. The first-order chi connectivity index (χ1) is 12.9. The summed E-state index contributed by atoms with van der Waals surface area (Å²) >= 11 is 0. The molecule has 2 aromatic carbocycles. The van der Waals surface area contributed by atoms with Crippen molar-refractivity contribution >= 4 is 32.8 Å². The molecule has 27 heavy (non-hydrogen) atoms. The lowest BCUT2D eigenvalue weighted by Gasteiger charge is -2.11. The minimum atomic E-state index is -4.11. The number of aryl methyl sites for hydroxylation is 1. The molecule has 140 valence electrons. The number of fused-ring (bicyclic) bond motifs is 1. The molecule has 3 rings (SSSR count). The quantitative estimate of drug-likeness (QED) is 0.669. The van der Waals surface area contributed by atoms with E-state index in [-0.39, 0.29) is 17.3 Å². The SMILES string of the molecule is CCOC(=O)Nc1cccc(OS(=O)(=O)c2cccc3cc(C)cnc23)c1. The largest absolute Gasteiger partial charge is 0.450 e. The normalized spacial score (nSPS) is 11.2. The first kappa shape index (κ1) is 18.7. The minimum absolute atomic E-state index is 0.0243. The van der Waals surface area contributed by atoms with Crippen LogP contribution < -0.4 is 9.50 Å². The van der Waals surface area contributed by atoms with E-state index in [1.807, 2.05) is 13.0 Å². The van der Waals surface area contributed by atoms with Gasteiger partial charge >= 0.3 is 16.2 Å². The van der Waals surface area contributed by atoms with Crippen LogP contribution in [0.25, 0.3) is 10.9 Å². The number of hydrogen-bond donors (Lipinski definition) is 1. The van der Waals surface area contributed by atoms with Gasteiger partial charge in [-0.3, -0.25) is 10.3 Å². The van der Waals surface area contributed by atoms with Crippen LogP contribution in [0.5, 0.6) is 5.75 Å². The molecule has 1 N–H and O–H groups in total. The van der Waals surface area contributed by atoms with E-state index < -0.39 is 16.2 Å². The number of nitrogens with one attached hydrogen (secondary N) is 1. The molecule has 7 nitrogen and oxygen atoms in total. The van der Waals surface area contributed by atoms with Crippen LogP contribution >= 0.6 is 0 Å². The van der Waals surface area contributed by atoms with Crippen LogP contribution in [0.15, 0.2) is 59.6 Å². The first-order valence-electron chi connectivity index (χ1n) is 8.23. The maximum absolute atomic E-state index is 12.8. The van der Waals surface area contributed by atoms with Gasteiger partial charge in [0, 0.05) is 23.3 Å². The summed E-state index contributed by atoms with van der Waals surface area (Å²) in [6, 6.07) is 12.8. The molecular formula is C19H18N2O5S. The lowest BCUT2D eigenvalue weighted by molar-refractivity contribution is 0.168. The molecule has 8 heteroatoms. The molecular weight excluding hydrogens is 368 g/mol. The van der Waals surface area contributed by atoms with Crippen LogP contribution in [0.1, 0.15) is 12.5 Å². The van der Waals surface area contributed by atoms with E-state index in [0.29, 0.717) is 16.6 Å². The van der Waals surface area contributed by atoms with Gasteiger partial charge in [0.05, 0.1) is 12.1 Å². The Morgan fingerprint density at radius 3 is 2.70 bits per heavy atom.